The van der Waals surface area contributed by atoms with Gasteiger partial charge in [-0.2, -0.15) is 0 Å². The van der Waals surface area contributed by atoms with Gasteiger partial charge >= 0.3 is 0 Å². The zero-order chi connectivity index (χ0) is 26.5. The summed E-state index contributed by atoms with van der Waals surface area (Å²) in [5.74, 6) is 2.59. The lowest BCUT2D eigenvalue weighted by molar-refractivity contribution is -0.0153. The molecule has 0 radical (unpaired) electrons. The van der Waals surface area contributed by atoms with E-state index in [0.717, 1.165) is 11.8 Å². The van der Waals surface area contributed by atoms with Crippen LogP contribution in [0.5, 0.6) is 0 Å². The Labute approximate surface area is 222 Å². The van der Waals surface area contributed by atoms with Crippen LogP contribution in [0, 0.1) is 29.1 Å². The van der Waals surface area contributed by atoms with Crippen molar-refractivity contribution < 1.29 is 8.85 Å². The molecule has 6 atom stereocenters. The van der Waals surface area contributed by atoms with Crippen LogP contribution >= 0.6 is 0 Å². The molecule has 206 valence electrons. The van der Waals surface area contributed by atoms with Gasteiger partial charge in [0, 0.05) is 12.0 Å². The highest BCUT2D eigenvalue weighted by Gasteiger charge is 2.53. The van der Waals surface area contributed by atoms with Crippen molar-refractivity contribution in [3.63, 3.8) is 0 Å². The second-order valence-corrected chi connectivity index (χ2v) is 22.5. The van der Waals surface area contributed by atoms with Gasteiger partial charge in [0.15, 0.2) is 16.6 Å². The van der Waals surface area contributed by atoms with Gasteiger partial charge < -0.3 is 8.85 Å². The van der Waals surface area contributed by atoms with Crippen LogP contribution in [-0.4, -0.2) is 28.3 Å². The largest absolute Gasteiger partial charge is 0.414 e. The van der Waals surface area contributed by atoms with Crippen LogP contribution < -0.4 is 0 Å². The zero-order valence-corrected chi connectivity index (χ0v) is 27.6. The Balaban J connectivity index is 2.12. The maximum Gasteiger partial charge on any atom is 0.192 e. The Kier molecular flexibility index (Phi) is 11.4. The number of rotatable bonds is 14. The highest BCUT2D eigenvalue weighted by Crippen LogP contribution is 2.59. The van der Waals surface area contributed by atoms with Gasteiger partial charge in [-0.1, -0.05) is 80.9 Å². The van der Waals surface area contributed by atoms with Crippen LogP contribution in [0.1, 0.15) is 108 Å². The van der Waals surface area contributed by atoms with Gasteiger partial charge in [0.2, 0.25) is 0 Å². The molecule has 2 aliphatic carbocycles. The average Bonchev–Trinajstić information content (AvgIpc) is 3.22. The Hall–Kier alpha value is 0.0938. The number of hydrogen-bond donors (Lipinski definition) is 0. The Bertz CT molecular complexity index is 650. The quantitative estimate of drug-likeness (QED) is 0.167. The molecule has 2 fully saturated rings. The lowest BCUT2D eigenvalue weighted by Gasteiger charge is -2.48. The van der Waals surface area contributed by atoms with Crippen molar-refractivity contribution in [2.24, 2.45) is 29.1 Å². The number of hydrogen-bond acceptors (Lipinski definition) is 2. The lowest BCUT2D eigenvalue weighted by atomic mass is 9.62. The summed E-state index contributed by atoms with van der Waals surface area (Å²) in [6.07, 6.45) is 12.4. The van der Waals surface area contributed by atoms with E-state index in [-0.39, 0.29) is 5.60 Å². The van der Waals surface area contributed by atoms with Crippen molar-refractivity contribution in [3.05, 3.63) is 12.2 Å². The normalized spacial score (nSPS) is 30.0. The first-order chi connectivity index (χ1) is 16.4. The van der Waals surface area contributed by atoms with Crippen molar-refractivity contribution in [3.8, 4) is 0 Å². The van der Waals surface area contributed by atoms with Crippen molar-refractivity contribution in [1.82, 2.24) is 0 Å². The third kappa shape index (κ3) is 6.76. The van der Waals surface area contributed by atoms with Crippen LogP contribution in [0.15, 0.2) is 12.2 Å². The maximum atomic E-state index is 7.16. The third-order valence-corrected chi connectivity index (χ3v) is 20.8. The van der Waals surface area contributed by atoms with Gasteiger partial charge in [0.1, 0.15) is 0 Å². The first-order valence-corrected chi connectivity index (χ1v) is 20.5. The summed E-state index contributed by atoms with van der Waals surface area (Å²) in [5.41, 5.74) is 0.344. The van der Waals surface area contributed by atoms with E-state index in [0.29, 0.717) is 23.4 Å². The SMILES string of the molecule is CC[Si](CC)(CC)OC1CCC[C@@]2(C)C1CC[C@@H]2[C@@H](C)/C=C/[C@H](C)C(C)(C)O[Si](CC)(CC)CC. The average molecular weight is 523 g/mol. The van der Waals surface area contributed by atoms with Gasteiger partial charge in [-0.25, -0.2) is 0 Å². The monoisotopic (exact) mass is 522 g/mol. The highest BCUT2D eigenvalue weighted by molar-refractivity contribution is 6.74. The zero-order valence-electron chi connectivity index (χ0n) is 25.6. The fourth-order valence-electron chi connectivity index (χ4n) is 7.81. The molecule has 4 heteroatoms. The Morgan fingerprint density at radius 1 is 0.829 bits per heavy atom. The molecule has 2 saturated carbocycles. The van der Waals surface area contributed by atoms with Gasteiger partial charge in [-0.3, -0.25) is 0 Å². The number of fused-ring (bicyclic) bond motifs is 1. The second-order valence-electron chi connectivity index (χ2n) is 13.1. The first-order valence-electron chi connectivity index (χ1n) is 15.5. The lowest BCUT2D eigenvalue weighted by Crippen LogP contribution is -2.48. The summed E-state index contributed by atoms with van der Waals surface area (Å²) >= 11 is 0. The molecule has 0 aromatic heterocycles. The molecule has 0 aromatic carbocycles. The minimum absolute atomic E-state index is 0.0925. The molecule has 0 spiro atoms. The third-order valence-electron chi connectivity index (χ3n) is 11.3. The van der Waals surface area contributed by atoms with Crippen LogP contribution in [0.25, 0.3) is 0 Å². The van der Waals surface area contributed by atoms with Crippen LogP contribution in [0.4, 0.5) is 0 Å². The molecule has 0 amide bonds. The molecule has 2 unspecified atom stereocenters. The predicted molar refractivity (Wildman–Crippen MR) is 160 cm³/mol. The van der Waals surface area contributed by atoms with Crippen LogP contribution in [0.3, 0.4) is 0 Å². The minimum atomic E-state index is -1.61. The second kappa shape index (κ2) is 12.8. The van der Waals surface area contributed by atoms with E-state index in [4.69, 9.17) is 8.85 Å². The summed E-state index contributed by atoms with van der Waals surface area (Å²) < 4.78 is 14.1. The molecular weight excluding hydrogens is 461 g/mol. The fourth-order valence-corrected chi connectivity index (χ4v) is 14.0. The topological polar surface area (TPSA) is 18.5 Å². The smallest absolute Gasteiger partial charge is 0.192 e. The molecule has 2 aliphatic rings. The van der Waals surface area contributed by atoms with E-state index in [2.05, 4.69) is 88.3 Å². The molecule has 0 N–H and O–H groups in total. The fraction of sp³-hybridized carbons (Fsp3) is 0.935. The molecule has 0 saturated heterocycles. The summed E-state index contributed by atoms with van der Waals surface area (Å²) in [5, 5.41) is 0. The first kappa shape index (κ1) is 31.3. The molecule has 0 aromatic rings. The van der Waals surface area contributed by atoms with Gasteiger partial charge in [0.25, 0.3) is 0 Å². The summed E-state index contributed by atoms with van der Waals surface area (Å²) in [7, 11) is -3.17. The molecule has 0 bridgehead atoms. The molecule has 0 aliphatic heterocycles. The Morgan fingerprint density at radius 3 is 1.89 bits per heavy atom. The van der Waals surface area contributed by atoms with Crippen molar-refractivity contribution in [2.75, 3.05) is 0 Å². The standard InChI is InChI=1S/C31H62O2Si2/c1-12-34(13-2,14-3)32-29-19-18-24-31(11)27(22-23-28(29)31)25(7)20-21-26(8)30(9,10)33-35(15-4,16-5)17-6/h20-21,25-29H,12-19,22-24H2,1-11H3/b21-20+/t25-,26-,27+,28?,29?,31+/m0/s1. The van der Waals surface area contributed by atoms with Crippen LogP contribution in [-0.2, 0) is 8.85 Å². The molecule has 2 nitrogen and oxygen atoms in total. The molecule has 0 heterocycles. The van der Waals surface area contributed by atoms with Gasteiger partial charge in [-0.15, -0.1) is 0 Å². The van der Waals surface area contributed by atoms with E-state index < -0.39 is 16.6 Å². The van der Waals surface area contributed by atoms with E-state index in [9.17, 15) is 0 Å². The van der Waals surface area contributed by atoms with E-state index in [1.54, 1.807) is 0 Å². The van der Waals surface area contributed by atoms with E-state index in [1.165, 1.54) is 68.4 Å². The molecular formula is C31H62O2Si2. The van der Waals surface area contributed by atoms with Gasteiger partial charge in [-0.05, 0) is 99.0 Å². The summed E-state index contributed by atoms with van der Waals surface area (Å²) in [6, 6.07) is 7.49. The van der Waals surface area contributed by atoms with E-state index >= 15 is 0 Å². The summed E-state index contributed by atoms with van der Waals surface area (Å²) in [4.78, 5) is 0. The Morgan fingerprint density at radius 2 is 1.37 bits per heavy atom. The summed E-state index contributed by atoms with van der Waals surface area (Å²) in [6.45, 7) is 26.3. The molecule has 35 heavy (non-hydrogen) atoms. The van der Waals surface area contributed by atoms with Crippen molar-refractivity contribution in [2.45, 2.75) is 156 Å². The van der Waals surface area contributed by atoms with E-state index in [1.807, 2.05) is 0 Å². The predicted octanol–water partition coefficient (Wildman–Crippen LogP) is 10.2. The maximum absolute atomic E-state index is 7.16. The van der Waals surface area contributed by atoms with Crippen molar-refractivity contribution in [1.29, 1.82) is 0 Å². The van der Waals surface area contributed by atoms with Crippen LogP contribution in [0.2, 0.25) is 36.3 Å². The van der Waals surface area contributed by atoms with Gasteiger partial charge in [0.05, 0.1) is 5.60 Å². The minimum Gasteiger partial charge on any atom is -0.414 e. The molecule has 2 rings (SSSR count). The number of allylic oxidation sites excluding steroid dienone is 1. The van der Waals surface area contributed by atoms with Crippen molar-refractivity contribution >= 4 is 16.6 Å². The highest BCUT2D eigenvalue weighted by atomic mass is 28.4.